The van der Waals surface area contributed by atoms with Crippen molar-refractivity contribution in [2.75, 3.05) is 25.0 Å². The van der Waals surface area contributed by atoms with Crippen LogP contribution in [0.3, 0.4) is 0 Å². The average Bonchev–Trinajstić information content (AvgIpc) is 3.15. The Morgan fingerprint density at radius 1 is 1.12 bits per heavy atom. The molecule has 1 aliphatic rings. The van der Waals surface area contributed by atoms with Crippen LogP contribution in [0.25, 0.3) is 6.08 Å². The number of thiazole rings is 1. The van der Waals surface area contributed by atoms with E-state index < -0.39 is 23.1 Å². The molecule has 0 spiro atoms. The van der Waals surface area contributed by atoms with Crippen molar-refractivity contribution in [2.45, 2.75) is 67.7 Å². The molecule has 0 bridgehead atoms. The van der Waals surface area contributed by atoms with Gasteiger partial charge < -0.3 is 4.90 Å². The largest absolute Gasteiger partial charge is 0.349 e. The van der Waals surface area contributed by atoms with Gasteiger partial charge in [0.15, 0.2) is 5.13 Å². The van der Waals surface area contributed by atoms with E-state index in [0.29, 0.717) is 5.57 Å². The fourth-order valence-electron chi connectivity index (χ4n) is 3.63. The topological polar surface area (TPSA) is 97.6 Å². The van der Waals surface area contributed by atoms with E-state index in [2.05, 4.69) is 18.7 Å². The highest BCUT2D eigenvalue weighted by Crippen LogP contribution is 2.37. The van der Waals surface area contributed by atoms with Gasteiger partial charge in [-0.05, 0) is 32.4 Å². The molecular weight excluding hydrogens is 450 g/mol. The minimum Gasteiger partial charge on any atom is -0.349 e. The predicted octanol–water partition coefficient (Wildman–Crippen LogP) is 4.30. The lowest BCUT2D eigenvalue weighted by molar-refractivity contribution is -0.171. The van der Waals surface area contributed by atoms with Gasteiger partial charge in [0.1, 0.15) is 11.6 Å². The molecule has 0 N–H and O–H groups in total. The third-order valence-electron chi connectivity index (χ3n) is 5.62. The monoisotopic (exact) mass is 485 g/mol. The van der Waals surface area contributed by atoms with Gasteiger partial charge in [-0.25, -0.2) is 9.99 Å². The van der Waals surface area contributed by atoms with Crippen LogP contribution in [-0.4, -0.2) is 52.9 Å². The number of nitriles is 1. The molecule has 2 rings (SSSR count). The Bertz CT molecular complexity index is 1110. The maximum atomic E-state index is 13.6. The third kappa shape index (κ3) is 5.07. The summed E-state index contributed by atoms with van der Waals surface area (Å²) in [4.78, 5) is 47.3. The van der Waals surface area contributed by atoms with E-state index in [0.717, 1.165) is 38.8 Å². The van der Waals surface area contributed by atoms with Gasteiger partial charge in [-0.2, -0.15) is 10.3 Å². The molecule has 8 nitrogen and oxygen atoms in total. The number of anilines is 1. The Morgan fingerprint density at radius 3 is 2.12 bits per heavy atom. The molecule has 0 saturated heterocycles. The zero-order valence-corrected chi connectivity index (χ0v) is 22.7. The molecule has 1 aromatic rings. The number of imide groups is 1. The summed E-state index contributed by atoms with van der Waals surface area (Å²) in [5.41, 5.74) is 0.0421. The van der Waals surface area contributed by atoms with Crippen LogP contribution < -0.4 is 4.90 Å². The molecule has 1 aliphatic heterocycles. The molecule has 0 atom stereocenters. The van der Waals surface area contributed by atoms with Crippen LogP contribution >= 0.6 is 11.3 Å². The Hall–Kier alpha value is -2.99. The van der Waals surface area contributed by atoms with E-state index >= 15 is 0 Å². The maximum absolute atomic E-state index is 13.6. The summed E-state index contributed by atoms with van der Waals surface area (Å²) in [5, 5.41) is 12.3. The molecule has 0 radical (unpaired) electrons. The number of rotatable bonds is 5. The standard InChI is InChI=1S/C25H35N5O3S/c1-11-29(12-2)23-27-19(24(4,5)6)18(34-23)13-16-15(3)17(14-26)21(32)30(20(16)31)28(10)22(33)25(7,8)9/h13H,11-12H2,1-10H3/b16-13-. The minimum absolute atomic E-state index is 0.162. The van der Waals surface area contributed by atoms with Crippen LogP contribution in [0.2, 0.25) is 0 Å². The molecule has 9 heteroatoms. The Labute approximate surface area is 206 Å². The molecule has 0 aliphatic carbocycles. The molecular formula is C25H35N5O3S. The van der Waals surface area contributed by atoms with Crippen LogP contribution in [0, 0.1) is 16.7 Å². The lowest BCUT2D eigenvalue weighted by atomic mass is 9.89. The zero-order valence-electron chi connectivity index (χ0n) is 21.9. The fraction of sp³-hybridized carbons (Fsp3) is 0.560. The predicted molar refractivity (Wildman–Crippen MR) is 135 cm³/mol. The minimum atomic E-state index is -0.821. The summed E-state index contributed by atoms with van der Waals surface area (Å²) < 4.78 is 0. The van der Waals surface area contributed by atoms with E-state index in [-0.39, 0.29) is 16.6 Å². The quantitative estimate of drug-likeness (QED) is 0.456. The highest BCUT2D eigenvalue weighted by Gasteiger charge is 2.42. The molecule has 3 amide bonds. The van der Waals surface area contributed by atoms with Crippen molar-refractivity contribution in [3.8, 4) is 6.07 Å². The van der Waals surface area contributed by atoms with Crippen molar-refractivity contribution in [3.05, 3.63) is 27.3 Å². The second-order valence-corrected chi connectivity index (χ2v) is 11.3. The second kappa shape index (κ2) is 9.71. The summed E-state index contributed by atoms with van der Waals surface area (Å²) in [7, 11) is 1.38. The molecule has 0 aromatic carbocycles. The van der Waals surface area contributed by atoms with E-state index in [4.69, 9.17) is 4.98 Å². The Morgan fingerprint density at radius 2 is 1.68 bits per heavy atom. The summed E-state index contributed by atoms with van der Waals surface area (Å²) >= 11 is 1.47. The summed E-state index contributed by atoms with van der Waals surface area (Å²) in [6.45, 7) is 18.6. The van der Waals surface area contributed by atoms with Crippen molar-refractivity contribution in [3.63, 3.8) is 0 Å². The van der Waals surface area contributed by atoms with Gasteiger partial charge in [-0.15, -0.1) is 0 Å². The zero-order chi connectivity index (χ0) is 26.2. The van der Waals surface area contributed by atoms with Gasteiger partial charge in [0.2, 0.25) is 5.91 Å². The van der Waals surface area contributed by atoms with E-state index in [1.54, 1.807) is 33.8 Å². The van der Waals surface area contributed by atoms with Crippen LogP contribution in [0.15, 0.2) is 16.7 Å². The molecule has 0 saturated carbocycles. The van der Waals surface area contributed by atoms with Crippen molar-refractivity contribution in [1.82, 2.24) is 15.0 Å². The first-order valence-electron chi connectivity index (χ1n) is 11.4. The number of hydrogen-bond donors (Lipinski definition) is 0. The number of aromatic nitrogens is 1. The maximum Gasteiger partial charge on any atom is 0.290 e. The lowest BCUT2D eigenvalue weighted by Gasteiger charge is -2.36. The molecule has 1 aromatic heterocycles. The Balaban J connectivity index is 2.75. The second-order valence-electron chi connectivity index (χ2n) is 10.3. The molecule has 0 fully saturated rings. The van der Waals surface area contributed by atoms with Crippen LogP contribution in [0.5, 0.6) is 0 Å². The number of carbonyl (C=O) groups is 3. The molecule has 2 heterocycles. The van der Waals surface area contributed by atoms with Crippen molar-refractivity contribution in [2.24, 2.45) is 5.41 Å². The highest BCUT2D eigenvalue weighted by atomic mass is 32.1. The number of hydrogen-bond acceptors (Lipinski definition) is 7. The van der Waals surface area contributed by atoms with Crippen molar-refractivity contribution >= 4 is 40.3 Å². The van der Waals surface area contributed by atoms with Gasteiger partial charge >= 0.3 is 0 Å². The first-order valence-corrected chi connectivity index (χ1v) is 12.2. The van der Waals surface area contributed by atoms with Crippen LogP contribution in [-0.2, 0) is 19.8 Å². The van der Waals surface area contributed by atoms with Crippen molar-refractivity contribution in [1.29, 1.82) is 5.26 Å². The summed E-state index contributed by atoms with van der Waals surface area (Å²) in [6.07, 6.45) is 1.70. The van der Waals surface area contributed by atoms with Gasteiger partial charge in [-0.1, -0.05) is 52.9 Å². The van der Waals surface area contributed by atoms with Gasteiger partial charge in [-0.3, -0.25) is 14.4 Å². The highest BCUT2D eigenvalue weighted by molar-refractivity contribution is 7.16. The number of hydrazine groups is 1. The van der Waals surface area contributed by atoms with E-state index in [1.807, 2.05) is 26.8 Å². The molecule has 0 unspecified atom stereocenters. The SMILES string of the molecule is CCN(CC)c1nc(C(C)(C)C)c(/C=C2\C(=O)N(N(C)C(=O)C(C)(C)C)C(=O)C(C#N)=C2C)s1. The summed E-state index contributed by atoms with van der Waals surface area (Å²) in [5.74, 6) is -1.85. The smallest absolute Gasteiger partial charge is 0.290 e. The van der Waals surface area contributed by atoms with Crippen LogP contribution in [0.4, 0.5) is 5.13 Å². The molecule has 34 heavy (non-hydrogen) atoms. The van der Waals surface area contributed by atoms with E-state index in [9.17, 15) is 19.6 Å². The van der Waals surface area contributed by atoms with E-state index in [1.165, 1.54) is 18.4 Å². The third-order valence-corrected chi connectivity index (χ3v) is 6.68. The van der Waals surface area contributed by atoms with Gasteiger partial charge in [0.25, 0.3) is 11.8 Å². The van der Waals surface area contributed by atoms with Gasteiger partial charge in [0.05, 0.1) is 10.6 Å². The normalized spacial score (nSPS) is 16.3. The lowest BCUT2D eigenvalue weighted by Crippen LogP contribution is -2.56. The summed E-state index contributed by atoms with van der Waals surface area (Å²) in [6, 6.07) is 1.93. The van der Waals surface area contributed by atoms with Gasteiger partial charge in [0, 0.05) is 36.5 Å². The fourth-order valence-corrected chi connectivity index (χ4v) is 4.98. The number of carbonyl (C=O) groups excluding carboxylic acids is 3. The van der Waals surface area contributed by atoms with Crippen LogP contribution in [0.1, 0.15) is 72.9 Å². The number of amides is 3. The molecule has 184 valence electrons. The average molecular weight is 486 g/mol. The first kappa shape index (κ1) is 27.3. The first-order chi connectivity index (χ1) is 15.6. The van der Waals surface area contributed by atoms with Crippen molar-refractivity contribution < 1.29 is 14.4 Å². The Kier molecular flexibility index (Phi) is 7.78. The number of nitrogens with zero attached hydrogens (tertiary/aromatic N) is 5.